The quantitative estimate of drug-likeness (QED) is 0.834. The fourth-order valence-corrected chi connectivity index (χ4v) is 3.43. The largest absolute Gasteiger partial charge is 0.389 e. The van der Waals surface area contributed by atoms with Crippen LogP contribution in [0.4, 0.5) is 5.69 Å². The molecule has 0 bridgehead atoms. The minimum absolute atomic E-state index is 0.0781. The number of nitrogens with one attached hydrogen (secondary N) is 1. The third-order valence-electron chi connectivity index (χ3n) is 2.77. The zero-order valence-electron chi connectivity index (χ0n) is 11.0. The second-order valence-electron chi connectivity index (χ2n) is 4.31. The first kappa shape index (κ1) is 15.7. The van der Waals surface area contributed by atoms with E-state index in [1.54, 1.807) is 25.3 Å². The zero-order chi connectivity index (χ0) is 15.6. The predicted molar refractivity (Wildman–Crippen MR) is 87.1 cm³/mol. The molecule has 21 heavy (non-hydrogen) atoms. The van der Waals surface area contributed by atoms with Crippen LogP contribution in [0.2, 0.25) is 5.02 Å². The second kappa shape index (κ2) is 5.97. The Morgan fingerprint density at radius 2 is 2.10 bits per heavy atom. The van der Waals surface area contributed by atoms with Crippen LogP contribution in [0.5, 0.6) is 0 Å². The van der Waals surface area contributed by atoms with Crippen LogP contribution in [0, 0.1) is 6.92 Å². The molecule has 0 radical (unpaired) electrons. The Labute approximate surface area is 133 Å². The lowest BCUT2D eigenvalue weighted by atomic mass is 10.2. The molecule has 1 aromatic carbocycles. The fourth-order valence-electron chi connectivity index (χ4n) is 1.65. The first-order chi connectivity index (χ1) is 9.81. The van der Waals surface area contributed by atoms with E-state index in [4.69, 9.17) is 29.6 Å². The summed E-state index contributed by atoms with van der Waals surface area (Å²) in [4.78, 5) is 3.93. The third-order valence-corrected chi connectivity index (χ3v) is 4.85. The molecule has 0 fully saturated rings. The number of thiocarbonyl (C=S) groups is 1. The van der Waals surface area contributed by atoms with Crippen LogP contribution in [0.3, 0.4) is 0 Å². The average Bonchev–Trinajstić information content (AvgIpc) is 2.41. The number of sulfonamides is 1. The molecule has 0 saturated heterocycles. The van der Waals surface area contributed by atoms with E-state index in [9.17, 15) is 8.42 Å². The van der Waals surface area contributed by atoms with Crippen molar-refractivity contribution in [3.63, 3.8) is 0 Å². The summed E-state index contributed by atoms with van der Waals surface area (Å²) >= 11 is 10.8. The first-order valence-corrected chi connectivity index (χ1v) is 8.11. The van der Waals surface area contributed by atoms with Crippen molar-refractivity contribution in [2.45, 2.75) is 11.8 Å². The van der Waals surface area contributed by atoms with Gasteiger partial charge in [-0.2, -0.15) is 0 Å². The molecule has 0 aliphatic carbocycles. The number of hydrogen-bond donors (Lipinski definition) is 2. The summed E-state index contributed by atoms with van der Waals surface area (Å²) < 4.78 is 27.4. The summed E-state index contributed by atoms with van der Waals surface area (Å²) in [5.74, 6) is 0. The number of rotatable bonds is 4. The van der Waals surface area contributed by atoms with Gasteiger partial charge in [0.25, 0.3) is 10.0 Å². The summed E-state index contributed by atoms with van der Waals surface area (Å²) in [6.07, 6.45) is 3.06. The minimum Gasteiger partial charge on any atom is -0.389 e. The van der Waals surface area contributed by atoms with Crippen LogP contribution in [0.25, 0.3) is 0 Å². The van der Waals surface area contributed by atoms with Gasteiger partial charge in [-0.3, -0.25) is 9.71 Å². The van der Waals surface area contributed by atoms with Gasteiger partial charge in [-0.25, -0.2) is 8.42 Å². The normalized spacial score (nSPS) is 11.1. The molecule has 5 nitrogen and oxygen atoms in total. The third kappa shape index (κ3) is 3.49. The van der Waals surface area contributed by atoms with Crippen molar-refractivity contribution < 1.29 is 8.42 Å². The van der Waals surface area contributed by atoms with Crippen molar-refractivity contribution in [2.75, 3.05) is 4.72 Å². The molecular weight excluding hydrogens is 330 g/mol. The number of aromatic nitrogens is 1. The maximum atomic E-state index is 12.4. The van der Waals surface area contributed by atoms with Gasteiger partial charge in [0, 0.05) is 18.0 Å². The lowest BCUT2D eigenvalue weighted by molar-refractivity contribution is 0.601. The average molecular weight is 342 g/mol. The van der Waals surface area contributed by atoms with Crippen molar-refractivity contribution in [1.29, 1.82) is 0 Å². The maximum absolute atomic E-state index is 12.4. The molecule has 0 aliphatic rings. The van der Waals surface area contributed by atoms with Crippen LogP contribution in [-0.4, -0.2) is 18.4 Å². The summed E-state index contributed by atoms with van der Waals surface area (Å²) in [7, 11) is -3.85. The van der Waals surface area contributed by atoms with Crippen LogP contribution in [0.1, 0.15) is 11.1 Å². The molecule has 110 valence electrons. The molecule has 3 N–H and O–H groups in total. The van der Waals surface area contributed by atoms with Gasteiger partial charge in [0.1, 0.15) is 9.88 Å². The van der Waals surface area contributed by atoms with Gasteiger partial charge in [0.05, 0.1) is 10.7 Å². The van der Waals surface area contributed by atoms with E-state index in [0.29, 0.717) is 16.8 Å². The number of nitrogens with zero attached hydrogens (tertiary/aromatic N) is 1. The van der Waals surface area contributed by atoms with Crippen molar-refractivity contribution in [2.24, 2.45) is 5.73 Å². The highest BCUT2D eigenvalue weighted by Crippen LogP contribution is 2.25. The predicted octanol–water partition coefficient (Wildman–Crippen LogP) is 2.48. The number of pyridine rings is 1. The molecule has 0 amide bonds. The Morgan fingerprint density at radius 1 is 1.38 bits per heavy atom. The summed E-state index contributed by atoms with van der Waals surface area (Å²) in [6.45, 7) is 1.75. The number of benzene rings is 1. The number of anilines is 1. The topological polar surface area (TPSA) is 85.1 Å². The Kier molecular flexibility index (Phi) is 4.46. The van der Waals surface area contributed by atoms with Crippen LogP contribution in [-0.2, 0) is 10.0 Å². The van der Waals surface area contributed by atoms with Crippen molar-refractivity contribution in [3.05, 3.63) is 52.8 Å². The Morgan fingerprint density at radius 3 is 2.71 bits per heavy atom. The van der Waals surface area contributed by atoms with Crippen molar-refractivity contribution in [3.8, 4) is 0 Å². The van der Waals surface area contributed by atoms with Crippen molar-refractivity contribution >= 4 is 44.5 Å². The van der Waals surface area contributed by atoms with E-state index in [1.807, 2.05) is 0 Å². The summed E-state index contributed by atoms with van der Waals surface area (Å²) in [5.41, 5.74) is 7.08. The first-order valence-electron chi connectivity index (χ1n) is 5.84. The van der Waals surface area contributed by atoms with Gasteiger partial charge in [-0.1, -0.05) is 29.9 Å². The molecule has 0 spiro atoms. The Balaban J connectivity index is 2.47. The van der Waals surface area contributed by atoms with E-state index in [-0.39, 0.29) is 14.9 Å². The molecule has 0 atom stereocenters. The second-order valence-corrected chi connectivity index (χ2v) is 6.80. The molecule has 8 heteroatoms. The van der Waals surface area contributed by atoms with Gasteiger partial charge in [0.15, 0.2) is 0 Å². The molecule has 1 heterocycles. The van der Waals surface area contributed by atoms with Gasteiger partial charge < -0.3 is 5.73 Å². The molecule has 2 aromatic rings. The van der Waals surface area contributed by atoms with E-state index < -0.39 is 10.0 Å². The standard InChI is InChI=1S/C13H12ClN3O2S2/c1-8-7-16-5-4-11(8)17-21(18,19)12-6-9(13(15)20)2-3-10(12)14/h2-7H,1H3,(H2,15,20)(H,16,17). The van der Waals surface area contributed by atoms with Gasteiger partial charge in [-0.15, -0.1) is 0 Å². The number of aryl methyl sites for hydroxylation is 1. The van der Waals surface area contributed by atoms with Gasteiger partial charge in [0.2, 0.25) is 0 Å². The lowest BCUT2D eigenvalue weighted by Gasteiger charge is -2.12. The van der Waals surface area contributed by atoms with E-state index in [1.165, 1.54) is 18.3 Å². The van der Waals surface area contributed by atoms with Crippen LogP contribution >= 0.6 is 23.8 Å². The SMILES string of the molecule is Cc1cnccc1NS(=O)(=O)c1cc(C(N)=S)ccc1Cl. The van der Waals surface area contributed by atoms with E-state index >= 15 is 0 Å². The fraction of sp³-hybridized carbons (Fsp3) is 0.0769. The highest BCUT2D eigenvalue weighted by Gasteiger charge is 2.20. The highest BCUT2D eigenvalue weighted by atomic mass is 35.5. The number of nitrogens with two attached hydrogens (primary N) is 1. The number of hydrogen-bond acceptors (Lipinski definition) is 4. The van der Waals surface area contributed by atoms with Gasteiger partial charge >= 0.3 is 0 Å². The monoisotopic (exact) mass is 341 g/mol. The Bertz CT molecular complexity index is 807. The summed E-state index contributed by atoms with van der Waals surface area (Å²) in [6, 6.07) is 5.94. The van der Waals surface area contributed by atoms with E-state index in [0.717, 1.165) is 0 Å². The smallest absolute Gasteiger partial charge is 0.263 e. The number of halogens is 1. The lowest BCUT2D eigenvalue weighted by Crippen LogP contribution is -2.16. The van der Waals surface area contributed by atoms with Crippen LogP contribution < -0.4 is 10.5 Å². The molecule has 0 saturated carbocycles. The van der Waals surface area contributed by atoms with Gasteiger partial charge in [-0.05, 0) is 30.7 Å². The Hall–Kier alpha value is -1.70. The summed E-state index contributed by atoms with van der Waals surface area (Å²) in [5, 5.41) is 0.0919. The molecule has 0 unspecified atom stereocenters. The molecule has 1 aromatic heterocycles. The van der Waals surface area contributed by atoms with Crippen LogP contribution in [0.15, 0.2) is 41.6 Å². The van der Waals surface area contributed by atoms with Crippen molar-refractivity contribution in [1.82, 2.24) is 4.98 Å². The highest BCUT2D eigenvalue weighted by molar-refractivity contribution is 7.92. The minimum atomic E-state index is -3.85. The molecular formula is C13H12ClN3O2S2. The molecule has 2 rings (SSSR count). The zero-order valence-corrected chi connectivity index (χ0v) is 13.4. The van der Waals surface area contributed by atoms with E-state index in [2.05, 4.69) is 9.71 Å². The molecule has 0 aliphatic heterocycles. The maximum Gasteiger partial charge on any atom is 0.263 e.